The lowest BCUT2D eigenvalue weighted by Crippen LogP contribution is -2.54. The second-order valence-electron chi connectivity index (χ2n) is 11.4. The maximum atomic E-state index is 13.4. The van der Waals surface area contributed by atoms with Crippen LogP contribution in [0.1, 0.15) is 71.8 Å². The van der Waals surface area contributed by atoms with E-state index in [0.29, 0.717) is 49.4 Å². The zero-order valence-electron chi connectivity index (χ0n) is 24.2. The molecule has 12 heteroatoms. The molecule has 1 aromatic carbocycles. The number of amides is 1. The third-order valence-electron chi connectivity index (χ3n) is 8.58. The Bertz CT molecular complexity index is 1190. The largest absolute Gasteiger partial charge is 0.416 e. The lowest BCUT2D eigenvalue weighted by atomic mass is 9.97. The third-order valence-corrected chi connectivity index (χ3v) is 8.58. The molecular weight excluding hydrogens is 551 g/mol. The molecule has 3 aliphatic rings. The first-order chi connectivity index (χ1) is 20.2. The van der Waals surface area contributed by atoms with E-state index in [2.05, 4.69) is 20.6 Å². The first kappa shape index (κ1) is 30.7. The SMILES string of the molecule is CO[C@@H]1COCC[C@@H]1NC1CCN(C(=O)c2ncnc(NC[C@H]3CCC[C@@H](c4ccc(C(F)(F)F)cc4)O3)c2C)CC1. The molecule has 0 unspecified atom stereocenters. The van der Waals surface area contributed by atoms with Gasteiger partial charge >= 0.3 is 6.18 Å². The molecule has 42 heavy (non-hydrogen) atoms. The van der Waals surface area contributed by atoms with Crippen molar-refractivity contribution >= 4 is 11.7 Å². The maximum absolute atomic E-state index is 13.4. The van der Waals surface area contributed by atoms with Crippen LogP contribution in [0.2, 0.25) is 0 Å². The molecule has 0 aliphatic carbocycles. The van der Waals surface area contributed by atoms with Crippen LogP contribution in [0.4, 0.5) is 19.0 Å². The van der Waals surface area contributed by atoms with Gasteiger partial charge in [-0.15, -0.1) is 0 Å². The summed E-state index contributed by atoms with van der Waals surface area (Å²) in [6.45, 7) is 4.92. The van der Waals surface area contributed by atoms with Gasteiger partial charge in [0.15, 0.2) is 0 Å². The molecule has 230 valence electrons. The minimum absolute atomic E-state index is 0.0442. The normalized spacial score (nSPS) is 25.8. The topological polar surface area (TPSA) is 97.8 Å². The molecular formula is C30H40F3N5O4. The Kier molecular flexibility index (Phi) is 9.97. The summed E-state index contributed by atoms with van der Waals surface area (Å²) in [5.74, 6) is 0.476. The van der Waals surface area contributed by atoms with Crippen molar-refractivity contribution in [3.63, 3.8) is 0 Å². The number of ether oxygens (including phenoxy) is 3. The van der Waals surface area contributed by atoms with E-state index in [1.165, 1.54) is 18.5 Å². The first-order valence-electron chi connectivity index (χ1n) is 14.8. The molecule has 3 aliphatic heterocycles. The molecule has 0 spiro atoms. The number of rotatable bonds is 8. The molecule has 2 aromatic rings. The van der Waals surface area contributed by atoms with Gasteiger partial charge in [0.05, 0.1) is 30.5 Å². The Labute approximate surface area is 244 Å². The third kappa shape index (κ3) is 7.39. The van der Waals surface area contributed by atoms with Crippen molar-refractivity contribution in [2.75, 3.05) is 45.3 Å². The fraction of sp³-hybridized carbons (Fsp3) is 0.633. The van der Waals surface area contributed by atoms with Crippen molar-refractivity contribution in [3.05, 3.63) is 53.0 Å². The number of hydrogen-bond acceptors (Lipinski definition) is 8. The van der Waals surface area contributed by atoms with Crippen LogP contribution in [-0.2, 0) is 20.4 Å². The highest BCUT2D eigenvalue weighted by Gasteiger charge is 2.33. The monoisotopic (exact) mass is 591 g/mol. The molecule has 9 nitrogen and oxygen atoms in total. The van der Waals surface area contributed by atoms with Gasteiger partial charge in [-0.05, 0) is 63.1 Å². The van der Waals surface area contributed by atoms with E-state index < -0.39 is 11.7 Å². The van der Waals surface area contributed by atoms with Crippen molar-refractivity contribution in [2.24, 2.45) is 0 Å². The van der Waals surface area contributed by atoms with Crippen LogP contribution in [0.25, 0.3) is 0 Å². The standard InChI is InChI=1S/C30H40F3N5O4/c1-19-27(29(39)38-13-10-22(11-14-38)37-24-12-15-41-17-26(24)40-2)35-18-36-28(19)34-16-23-4-3-5-25(42-23)20-6-8-21(9-7-20)30(31,32)33/h6-9,18,22-26,37H,3-5,10-17H2,1-2H3,(H,34,35,36)/t23-,24+,25+,26-/m1/s1. The number of carbonyl (C=O) groups excluding carboxylic acids is 1. The summed E-state index contributed by atoms with van der Waals surface area (Å²) in [4.78, 5) is 24.0. The van der Waals surface area contributed by atoms with Crippen molar-refractivity contribution in [1.82, 2.24) is 20.2 Å². The molecule has 4 heterocycles. The van der Waals surface area contributed by atoms with E-state index in [1.807, 2.05) is 11.8 Å². The molecule has 1 amide bonds. The van der Waals surface area contributed by atoms with E-state index in [4.69, 9.17) is 14.2 Å². The van der Waals surface area contributed by atoms with Gasteiger partial charge in [0.1, 0.15) is 17.8 Å². The maximum Gasteiger partial charge on any atom is 0.416 e. The van der Waals surface area contributed by atoms with Crippen molar-refractivity contribution in [2.45, 2.75) is 82.0 Å². The van der Waals surface area contributed by atoms with E-state index in [-0.39, 0.29) is 30.3 Å². The van der Waals surface area contributed by atoms with E-state index in [0.717, 1.165) is 62.8 Å². The summed E-state index contributed by atoms with van der Waals surface area (Å²) in [6.07, 6.45) is 1.78. The molecule has 2 N–H and O–H groups in total. The zero-order chi connectivity index (χ0) is 29.7. The zero-order valence-corrected chi connectivity index (χ0v) is 24.2. The number of anilines is 1. The molecule has 5 rings (SSSR count). The Hall–Kier alpha value is -2.80. The van der Waals surface area contributed by atoms with Crippen LogP contribution < -0.4 is 10.6 Å². The Morgan fingerprint density at radius 2 is 1.86 bits per heavy atom. The quantitative estimate of drug-likeness (QED) is 0.463. The number of halogens is 3. The van der Waals surface area contributed by atoms with Crippen LogP contribution >= 0.6 is 0 Å². The highest BCUT2D eigenvalue weighted by atomic mass is 19.4. The Morgan fingerprint density at radius 3 is 2.57 bits per heavy atom. The average Bonchev–Trinajstić information content (AvgIpc) is 3.01. The number of nitrogens with one attached hydrogen (secondary N) is 2. The number of likely N-dealkylation sites (tertiary alicyclic amines) is 1. The van der Waals surface area contributed by atoms with E-state index in [1.54, 1.807) is 7.11 Å². The van der Waals surface area contributed by atoms with Crippen LogP contribution in [0.5, 0.6) is 0 Å². The molecule has 3 saturated heterocycles. The highest BCUT2D eigenvalue weighted by Crippen LogP contribution is 2.34. The number of methoxy groups -OCH3 is 1. The lowest BCUT2D eigenvalue weighted by molar-refractivity contribution is -0.137. The van der Waals surface area contributed by atoms with Crippen LogP contribution in [0.3, 0.4) is 0 Å². The Morgan fingerprint density at radius 1 is 1.10 bits per heavy atom. The van der Waals surface area contributed by atoms with Crippen molar-refractivity contribution in [1.29, 1.82) is 0 Å². The van der Waals surface area contributed by atoms with Gasteiger partial charge in [-0.2, -0.15) is 13.2 Å². The molecule has 3 fully saturated rings. The van der Waals surface area contributed by atoms with Crippen molar-refractivity contribution < 1.29 is 32.2 Å². The van der Waals surface area contributed by atoms with E-state index >= 15 is 0 Å². The minimum atomic E-state index is -4.36. The number of benzene rings is 1. The molecule has 0 radical (unpaired) electrons. The van der Waals surface area contributed by atoms with Gasteiger partial charge in [0.2, 0.25) is 0 Å². The number of hydrogen-bond donors (Lipinski definition) is 2. The lowest BCUT2D eigenvalue weighted by Gasteiger charge is -2.38. The predicted molar refractivity (Wildman–Crippen MR) is 150 cm³/mol. The van der Waals surface area contributed by atoms with Gasteiger partial charge in [-0.25, -0.2) is 9.97 Å². The number of aromatic nitrogens is 2. The number of piperidine rings is 1. The van der Waals surface area contributed by atoms with Gasteiger partial charge in [-0.1, -0.05) is 12.1 Å². The smallest absolute Gasteiger partial charge is 0.379 e. The molecule has 4 atom stereocenters. The number of carbonyl (C=O) groups is 1. The average molecular weight is 592 g/mol. The predicted octanol–water partition coefficient (Wildman–Crippen LogP) is 4.52. The second-order valence-corrected chi connectivity index (χ2v) is 11.4. The summed E-state index contributed by atoms with van der Waals surface area (Å²) in [7, 11) is 1.71. The summed E-state index contributed by atoms with van der Waals surface area (Å²) < 4.78 is 56.1. The minimum Gasteiger partial charge on any atom is -0.379 e. The fourth-order valence-corrected chi connectivity index (χ4v) is 6.07. The highest BCUT2D eigenvalue weighted by molar-refractivity contribution is 5.94. The first-order valence-corrected chi connectivity index (χ1v) is 14.8. The van der Waals surface area contributed by atoms with Crippen LogP contribution in [0, 0.1) is 6.92 Å². The number of nitrogens with zero attached hydrogens (tertiary/aromatic N) is 3. The molecule has 0 bridgehead atoms. The second kappa shape index (κ2) is 13.7. The molecule has 0 saturated carbocycles. The van der Waals surface area contributed by atoms with Gasteiger partial charge in [0, 0.05) is 51.0 Å². The number of alkyl halides is 3. The summed E-state index contributed by atoms with van der Waals surface area (Å²) in [6, 6.07) is 5.77. The fourth-order valence-electron chi connectivity index (χ4n) is 6.07. The van der Waals surface area contributed by atoms with Crippen LogP contribution in [-0.4, -0.2) is 85.0 Å². The summed E-state index contributed by atoms with van der Waals surface area (Å²) >= 11 is 0. The van der Waals surface area contributed by atoms with Gasteiger partial charge < -0.3 is 29.7 Å². The van der Waals surface area contributed by atoms with Gasteiger partial charge in [0.25, 0.3) is 5.91 Å². The van der Waals surface area contributed by atoms with E-state index in [9.17, 15) is 18.0 Å². The molecule has 1 aromatic heterocycles. The van der Waals surface area contributed by atoms with Crippen LogP contribution in [0.15, 0.2) is 30.6 Å². The van der Waals surface area contributed by atoms with Crippen molar-refractivity contribution in [3.8, 4) is 0 Å². The van der Waals surface area contributed by atoms with Gasteiger partial charge in [-0.3, -0.25) is 4.79 Å². The summed E-state index contributed by atoms with van der Waals surface area (Å²) in [5, 5.41) is 7.03. The Balaban J connectivity index is 1.13. The summed E-state index contributed by atoms with van der Waals surface area (Å²) in [5.41, 5.74) is 1.14.